The molecule has 0 saturated heterocycles. The number of carbonyl (C=O) groups is 1. The van der Waals surface area contributed by atoms with E-state index in [0.717, 1.165) is 24.3 Å². The van der Waals surface area contributed by atoms with Crippen molar-refractivity contribution in [3.8, 4) is 0 Å². The molecule has 5 heteroatoms. The monoisotopic (exact) mass is 269 g/mol. The molecule has 3 rings (SSSR count). The molecule has 0 atom stereocenters. The lowest BCUT2D eigenvalue weighted by atomic mass is 10.1. The summed E-state index contributed by atoms with van der Waals surface area (Å²) in [6, 6.07) is 7.13. The van der Waals surface area contributed by atoms with Crippen LogP contribution in [-0.2, 0) is 6.42 Å². The zero-order valence-corrected chi connectivity index (χ0v) is 11.1. The number of carbonyl (C=O) groups excluding carboxylic acids is 1. The molecule has 5 nitrogen and oxygen atoms in total. The molecule has 102 valence electrons. The van der Waals surface area contributed by atoms with Crippen LogP contribution in [0.3, 0.4) is 0 Å². The van der Waals surface area contributed by atoms with Crippen molar-refractivity contribution in [1.82, 2.24) is 4.98 Å². The second-order valence-electron chi connectivity index (χ2n) is 4.90. The third kappa shape index (κ3) is 2.30. The van der Waals surface area contributed by atoms with Gasteiger partial charge in [0, 0.05) is 35.9 Å². The average Bonchev–Trinajstić information content (AvgIpc) is 2.85. The SMILES string of the molecule is Cc1cc(=O)c(C(=O)Nc2ccc3c(c2)CCN3)c[nH]1. The zero-order chi connectivity index (χ0) is 14.1. The van der Waals surface area contributed by atoms with E-state index in [1.807, 2.05) is 18.2 Å². The Balaban J connectivity index is 1.84. The Morgan fingerprint density at radius 1 is 1.30 bits per heavy atom. The molecular weight excluding hydrogens is 254 g/mol. The number of benzene rings is 1. The van der Waals surface area contributed by atoms with Crippen LogP contribution in [0.5, 0.6) is 0 Å². The Hall–Kier alpha value is -2.56. The number of hydrogen-bond acceptors (Lipinski definition) is 3. The van der Waals surface area contributed by atoms with Gasteiger partial charge in [0.05, 0.1) is 0 Å². The number of H-pyrrole nitrogens is 1. The Kier molecular flexibility index (Phi) is 3.02. The van der Waals surface area contributed by atoms with E-state index in [-0.39, 0.29) is 11.0 Å². The van der Waals surface area contributed by atoms with E-state index in [9.17, 15) is 9.59 Å². The lowest BCUT2D eigenvalue weighted by Gasteiger charge is -2.07. The Labute approximate surface area is 116 Å². The van der Waals surface area contributed by atoms with Crippen LogP contribution < -0.4 is 16.1 Å². The first-order valence-corrected chi connectivity index (χ1v) is 6.51. The van der Waals surface area contributed by atoms with Gasteiger partial charge in [-0.1, -0.05) is 0 Å². The Bertz CT molecular complexity index is 734. The first kappa shape index (κ1) is 12.5. The molecular formula is C15H15N3O2. The summed E-state index contributed by atoms with van der Waals surface area (Å²) in [5.41, 5.74) is 3.57. The summed E-state index contributed by atoms with van der Waals surface area (Å²) in [5.74, 6) is -0.392. The molecule has 0 saturated carbocycles. The number of aromatic amines is 1. The molecule has 20 heavy (non-hydrogen) atoms. The van der Waals surface area contributed by atoms with Crippen molar-refractivity contribution in [2.45, 2.75) is 13.3 Å². The molecule has 2 aromatic rings. The van der Waals surface area contributed by atoms with Crippen LogP contribution in [0.4, 0.5) is 11.4 Å². The van der Waals surface area contributed by atoms with E-state index in [0.29, 0.717) is 5.69 Å². The van der Waals surface area contributed by atoms with Crippen LogP contribution in [0, 0.1) is 6.92 Å². The molecule has 0 spiro atoms. The molecule has 1 amide bonds. The van der Waals surface area contributed by atoms with Gasteiger partial charge in [-0.15, -0.1) is 0 Å². The summed E-state index contributed by atoms with van der Waals surface area (Å²) in [6.07, 6.45) is 2.39. The van der Waals surface area contributed by atoms with Crippen molar-refractivity contribution >= 4 is 17.3 Å². The maximum Gasteiger partial charge on any atom is 0.261 e. The van der Waals surface area contributed by atoms with Crippen molar-refractivity contribution in [3.05, 3.63) is 57.5 Å². The topological polar surface area (TPSA) is 74.0 Å². The lowest BCUT2D eigenvalue weighted by Crippen LogP contribution is -2.21. The zero-order valence-electron chi connectivity index (χ0n) is 11.1. The standard InChI is InChI=1S/C15H15N3O2/c1-9-6-14(19)12(8-17-9)15(20)18-11-2-3-13-10(7-11)4-5-16-13/h2-3,6-8,16H,4-5H2,1H3,(H,17,19)(H,18,20). The third-order valence-corrected chi connectivity index (χ3v) is 3.37. The van der Waals surface area contributed by atoms with Gasteiger partial charge < -0.3 is 15.6 Å². The van der Waals surface area contributed by atoms with Crippen molar-refractivity contribution in [2.24, 2.45) is 0 Å². The molecule has 0 unspecified atom stereocenters. The molecule has 0 bridgehead atoms. The van der Waals surface area contributed by atoms with Crippen LogP contribution >= 0.6 is 0 Å². The first-order valence-electron chi connectivity index (χ1n) is 6.51. The van der Waals surface area contributed by atoms with Gasteiger partial charge >= 0.3 is 0 Å². The number of amides is 1. The third-order valence-electron chi connectivity index (χ3n) is 3.37. The van der Waals surface area contributed by atoms with Crippen molar-refractivity contribution in [2.75, 3.05) is 17.2 Å². The van der Waals surface area contributed by atoms with Gasteiger partial charge in [0.15, 0.2) is 5.43 Å². The highest BCUT2D eigenvalue weighted by molar-refractivity contribution is 6.04. The van der Waals surface area contributed by atoms with Gasteiger partial charge in [-0.3, -0.25) is 9.59 Å². The van der Waals surface area contributed by atoms with Gasteiger partial charge in [-0.05, 0) is 37.1 Å². The van der Waals surface area contributed by atoms with Gasteiger partial charge in [0.25, 0.3) is 5.91 Å². The molecule has 2 heterocycles. The first-order chi connectivity index (χ1) is 9.63. The van der Waals surface area contributed by atoms with E-state index in [2.05, 4.69) is 15.6 Å². The highest BCUT2D eigenvalue weighted by atomic mass is 16.2. The van der Waals surface area contributed by atoms with Crippen LogP contribution in [-0.4, -0.2) is 17.4 Å². The van der Waals surface area contributed by atoms with Crippen molar-refractivity contribution in [1.29, 1.82) is 0 Å². The molecule has 1 aliphatic rings. The Morgan fingerprint density at radius 2 is 2.15 bits per heavy atom. The largest absolute Gasteiger partial charge is 0.384 e. The van der Waals surface area contributed by atoms with E-state index >= 15 is 0 Å². The minimum absolute atomic E-state index is 0.120. The highest BCUT2D eigenvalue weighted by Gasteiger charge is 2.13. The molecule has 1 aliphatic heterocycles. The quantitative estimate of drug-likeness (QED) is 0.779. The fraction of sp³-hybridized carbons (Fsp3) is 0.200. The minimum atomic E-state index is -0.392. The fourth-order valence-electron chi connectivity index (χ4n) is 2.33. The smallest absolute Gasteiger partial charge is 0.261 e. The molecule has 0 radical (unpaired) electrons. The summed E-state index contributed by atoms with van der Waals surface area (Å²) >= 11 is 0. The predicted molar refractivity (Wildman–Crippen MR) is 78.4 cm³/mol. The number of nitrogens with one attached hydrogen (secondary N) is 3. The Morgan fingerprint density at radius 3 is 2.95 bits per heavy atom. The van der Waals surface area contributed by atoms with Gasteiger partial charge in [0.2, 0.25) is 0 Å². The number of hydrogen-bond donors (Lipinski definition) is 3. The molecule has 1 aromatic carbocycles. The van der Waals surface area contributed by atoms with Crippen LogP contribution in [0.2, 0.25) is 0 Å². The van der Waals surface area contributed by atoms with Gasteiger partial charge in [-0.25, -0.2) is 0 Å². The lowest BCUT2D eigenvalue weighted by molar-refractivity contribution is 0.102. The predicted octanol–water partition coefficient (Wildman–Crippen LogP) is 1.90. The van der Waals surface area contributed by atoms with Crippen LogP contribution in [0.25, 0.3) is 0 Å². The van der Waals surface area contributed by atoms with E-state index in [1.54, 1.807) is 6.92 Å². The summed E-state index contributed by atoms with van der Waals surface area (Å²) in [7, 11) is 0. The number of aryl methyl sites for hydroxylation is 1. The fourth-order valence-corrected chi connectivity index (χ4v) is 2.33. The van der Waals surface area contributed by atoms with Crippen LogP contribution in [0.15, 0.2) is 35.3 Å². The molecule has 0 fully saturated rings. The molecule has 0 aliphatic carbocycles. The van der Waals surface area contributed by atoms with Crippen molar-refractivity contribution in [3.63, 3.8) is 0 Å². The molecule has 3 N–H and O–H groups in total. The maximum absolute atomic E-state index is 12.1. The molecule has 1 aromatic heterocycles. The van der Waals surface area contributed by atoms with E-state index < -0.39 is 5.91 Å². The van der Waals surface area contributed by atoms with E-state index in [4.69, 9.17) is 0 Å². The second-order valence-corrected chi connectivity index (χ2v) is 4.90. The highest BCUT2D eigenvalue weighted by Crippen LogP contribution is 2.25. The number of pyridine rings is 1. The summed E-state index contributed by atoms with van der Waals surface area (Å²) in [5, 5.41) is 6.02. The normalized spacial score (nSPS) is 12.7. The second kappa shape index (κ2) is 4.85. The summed E-state index contributed by atoms with van der Waals surface area (Å²) < 4.78 is 0. The maximum atomic E-state index is 12.1. The minimum Gasteiger partial charge on any atom is -0.384 e. The van der Waals surface area contributed by atoms with Gasteiger partial charge in [0.1, 0.15) is 5.56 Å². The summed E-state index contributed by atoms with van der Waals surface area (Å²) in [4.78, 5) is 26.7. The number of rotatable bonds is 2. The van der Waals surface area contributed by atoms with Crippen LogP contribution in [0.1, 0.15) is 21.6 Å². The van der Waals surface area contributed by atoms with Gasteiger partial charge in [-0.2, -0.15) is 0 Å². The average molecular weight is 269 g/mol. The number of anilines is 2. The van der Waals surface area contributed by atoms with Crippen molar-refractivity contribution < 1.29 is 4.79 Å². The number of aromatic nitrogens is 1. The summed E-state index contributed by atoms with van der Waals surface area (Å²) in [6.45, 7) is 2.70. The number of fused-ring (bicyclic) bond motifs is 1. The van der Waals surface area contributed by atoms with E-state index in [1.165, 1.54) is 17.8 Å².